The first-order valence-electron chi connectivity index (χ1n) is 9.54. The zero-order chi connectivity index (χ0) is 18.9. The molecule has 0 radical (unpaired) electrons. The second-order valence-electron chi connectivity index (χ2n) is 7.60. The van der Waals surface area contributed by atoms with Gasteiger partial charge in [0.25, 0.3) is 0 Å². The summed E-state index contributed by atoms with van der Waals surface area (Å²) in [7, 11) is 0. The second kappa shape index (κ2) is 7.31. The van der Waals surface area contributed by atoms with E-state index >= 15 is 0 Å². The van der Waals surface area contributed by atoms with Gasteiger partial charge in [-0.2, -0.15) is 0 Å². The number of ether oxygens (including phenoxy) is 1. The van der Waals surface area contributed by atoms with Gasteiger partial charge < -0.3 is 15.4 Å². The van der Waals surface area contributed by atoms with Gasteiger partial charge in [-0.05, 0) is 55.0 Å². The van der Waals surface area contributed by atoms with Crippen LogP contribution in [0, 0.1) is 24.6 Å². The first-order chi connectivity index (χ1) is 13.1. The maximum atomic E-state index is 14.9. The summed E-state index contributed by atoms with van der Waals surface area (Å²) in [6, 6.07) is 15.1. The van der Waals surface area contributed by atoms with Crippen LogP contribution in [0.3, 0.4) is 0 Å². The molecule has 1 unspecified atom stereocenters. The molecule has 1 aliphatic carbocycles. The minimum atomic E-state index is -0.456. The highest BCUT2D eigenvalue weighted by atomic mass is 19.1. The number of aryl methyl sites for hydroxylation is 1. The summed E-state index contributed by atoms with van der Waals surface area (Å²) < 4.78 is 20.2. The van der Waals surface area contributed by atoms with Gasteiger partial charge in [0.15, 0.2) is 0 Å². The molecular weight excluding hydrogens is 343 g/mol. The lowest BCUT2D eigenvalue weighted by atomic mass is 9.89. The van der Waals surface area contributed by atoms with Crippen molar-refractivity contribution in [2.24, 2.45) is 11.8 Å². The van der Waals surface area contributed by atoms with Gasteiger partial charge >= 0.3 is 6.09 Å². The number of carbonyl (C=O) groups excluding carboxylic acids is 1. The van der Waals surface area contributed by atoms with Crippen LogP contribution in [0.1, 0.15) is 23.1 Å². The molecule has 142 valence electrons. The fourth-order valence-electron chi connectivity index (χ4n) is 4.66. The average Bonchev–Trinajstić information content (AvgIpc) is 3.36. The van der Waals surface area contributed by atoms with E-state index in [1.54, 1.807) is 13.0 Å². The quantitative estimate of drug-likeness (QED) is 0.849. The molecule has 1 amide bonds. The molecule has 1 saturated heterocycles. The first kappa shape index (κ1) is 18.0. The van der Waals surface area contributed by atoms with Gasteiger partial charge in [-0.1, -0.05) is 48.5 Å². The largest absolute Gasteiger partial charge is 0.445 e. The molecule has 2 aromatic carbocycles. The van der Waals surface area contributed by atoms with Gasteiger partial charge in [0.2, 0.25) is 0 Å². The second-order valence-corrected chi connectivity index (χ2v) is 7.60. The Balaban J connectivity index is 1.47. The van der Waals surface area contributed by atoms with Crippen molar-refractivity contribution in [3.05, 3.63) is 71.0 Å². The minimum Gasteiger partial charge on any atom is -0.445 e. The lowest BCUT2D eigenvalue weighted by Crippen LogP contribution is -2.35. The lowest BCUT2D eigenvalue weighted by molar-refractivity contribution is 0.138. The molecule has 27 heavy (non-hydrogen) atoms. The van der Waals surface area contributed by atoms with Crippen LogP contribution in [0.5, 0.6) is 0 Å². The van der Waals surface area contributed by atoms with E-state index in [0.717, 1.165) is 30.6 Å². The van der Waals surface area contributed by atoms with Gasteiger partial charge in [0.05, 0.1) is 0 Å². The highest BCUT2D eigenvalue weighted by Gasteiger charge is 2.66. The average molecular weight is 368 g/mol. The van der Waals surface area contributed by atoms with Crippen molar-refractivity contribution < 1.29 is 13.9 Å². The van der Waals surface area contributed by atoms with Crippen molar-refractivity contribution in [1.82, 2.24) is 10.6 Å². The number of halogens is 1. The number of piperidine rings is 1. The van der Waals surface area contributed by atoms with Crippen LogP contribution in [-0.4, -0.2) is 25.7 Å². The Kier molecular flexibility index (Phi) is 4.87. The number of nitrogens with one attached hydrogen (secondary N) is 2. The molecule has 0 spiro atoms. The number of alkyl carbamates (subject to hydrolysis) is 1. The van der Waals surface area contributed by atoms with Crippen LogP contribution in [0.25, 0.3) is 0 Å². The molecule has 2 aromatic rings. The van der Waals surface area contributed by atoms with E-state index in [0.29, 0.717) is 23.9 Å². The van der Waals surface area contributed by atoms with Crippen LogP contribution in [-0.2, 0) is 16.8 Å². The standard InChI is InChI=1S/C22H25FN2O2/c1-15-6-5-9-18(20(15)23)22(17-10-11-24-12-19(17)22)14-25-21(26)27-13-16-7-3-2-4-8-16/h2-9,17,19,24H,10-14H2,1H3,(H,25,26)/t17?,19-,22+/m0/s1. The maximum absolute atomic E-state index is 14.9. The third-order valence-electron chi connectivity index (χ3n) is 6.13. The van der Waals surface area contributed by atoms with E-state index in [-0.39, 0.29) is 17.8 Å². The molecule has 4 rings (SSSR count). The molecule has 2 fully saturated rings. The molecule has 1 saturated carbocycles. The van der Waals surface area contributed by atoms with E-state index < -0.39 is 6.09 Å². The SMILES string of the molecule is Cc1cccc([C@@]2(CNC(=O)OCc3ccccc3)C3CCNC[C@@H]32)c1F. The summed E-state index contributed by atoms with van der Waals surface area (Å²) in [5.74, 6) is 0.591. The van der Waals surface area contributed by atoms with E-state index in [4.69, 9.17) is 4.74 Å². The van der Waals surface area contributed by atoms with E-state index in [1.807, 2.05) is 42.5 Å². The Hall–Kier alpha value is -2.40. The van der Waals surface area contributed by atoms with E-state index in [9.17, 15) is 9.18 Å². The van der Waals surface area contributed by atoms with Crippen molar-refractivity contribution in [2.45, 2.75) is 25.4 Å². The fourth-order valence-corrected chi connectivity index (χ4v) is 4.66. The molecule has 5 heteroatoms. The minimum absolute atomic E-state index is 0.147. The number of hydrogen-bond donors (Lipinski definition) is 2. The van der Waals surface area contributed by atoms with Gasteiger partial charge in [-0.25, -0.2) is 9.18 Å². The predicted octanol–water partition coefficient (Wildman–Crippen LogP) is 3.54. The van der Waals surface area contributed by atoms with E-state index in [1.165, 1.54) is 0 Å². The summed E-state index contributed by atoms with van der Waals surface area (Å²) in [4.78, 5) is 12.2. The topological polar surface area (TPSA) is 50.4 Å². The highest BCUT2D eigenvalue weighted by Crippen LogP contribution is 2.62. The molecule has 3 atom stereocenters. The van der Waals surface area contributed by atoms with Crippen molar-refractivity contribution in [3.8, 4) is 0 Å². The summed E-state index contributed by atoms with van der Waals surface area (Å²) in [6.07, 6.45) is 0.543. The Labute approximate surface area is 159 Å². The molecular formula is C22H25FN2O2. The number of hydrogen-bond acceptors (Lipinski definition) is 3. The van der Waals surface area contributed by atoms with Crippen LogP contribution < -0.4 is 10.6 Å². The molecule has 1 aliphatic heterocycles. The Morgan fingerprint density at radius 3 is 2.78 bits per heavy atom. The van der Waals surface area contributed by atoms with Gasteiger partial charge in [0, 0.05) is 12.0 Å². The number of rotatable bonds is 5. The Morgan fingerprint density at radius 2 is 2.04 bits per heavy atom. The number of fused-ring (bicyclic) bond motifs is 1. The van der Waals surface area contributed by atoms with Gasteiger partial charge in [-0.15, -0.1) is 0 Å². The monoisotopic (exact) mass is 368 g/mol. The fraction of sp³-hybridized carbons (Fsp3) is 0.409. The summed E-state index contributed by atoms with van der Waals surface area (Å²) in [6.45, 7) is 4.22. The molecule has 0 bridgehead atoms. The predicted molar refractivity (Wildman–Crippen MR) is 102 cm³/mol. The molecule has 2 aliphatic rings. The zero-order valence-electron chi connectivity index (χ0n) is 15.5. The number of amides is 1. The van der Waals surface area contributed by atoms with Crippen molar-refractivity contribution in [1.29, 1.82) is 0 Å². The number of benzene rings is 2. The lowest BCUT2D eigenvalue weighted by Gasteiger charge is -2.21. The summed E-state index contributed by atoms with van der Waals surface area (Å²) in [5, 5.41) is 6.30. The molecule has 2 N–H and O–H groups in total. The Morgan fingerprint density at radius 1 is 1.22 bits per heavy atom. The maximum Gasteiger partial charge on any atom is 0.407 e. The van der Waals surface area contributed by atoms with Crippen molar-refractivity contribution >= 4 is 6.09 Å². The highest BCUT2D eigenvalue weighted by molar-refractivity contribution is 5.67. The molecule has 0 aromatic heterocycles. The third-order valence-corrected chi connectivity index (χ3v) is 6.13. The summed E-state index contributed by atoms with van der Waals surface area (Å²) in [5.41, 5.74) is 1.97. The molecule has 4 nitrogen and oxygen atoms in total. The summed E-state index contributed by atoms with van der Waals surface area (Å²) >= 11 is 0. The van der Waals surface area contributed by atoms with Crippen LogP contribution in [0.2, 0.25) is 0 Å². The normalized spacial score (nSPS) is 26.1. The number of carbonyl (C=O) groups is 1. The molecule has 1 heterocycles. The van der Waals surface area contributed by atoms with Crippen molar-refractivity contribution in [2.75, 3.05) is 19.6 Å². The third kappa shape index (κ3) is 3.32. The van der Waals surface area contributed by atoms with Crippen LogP contribution in [0.15, 0.2) is 48.5 Å². The van der Waals surface area contributed by atoms with Crippen LogP contribution in [0.4, 0.5) is 9.18 Å². The van der Waals surface area contributed by atoms with Crippen LogP contribution >= 0.6 is 0 Å². The Bertz CT molecular complexity index is 812. The zero-order valence-corrected chi connectivity index (χ0v) is 15.5. The van der Waals surface area contributed by atoms with E-state index in [2.05, 4.69) is 10.6 Å². The van der Waals surface area contributed by atoms with Gasteiger partial charge in [0.1, 0.15) is 12.4 Å². The first-order valence-corrected chi connectivity index (χ1v) is 9.54. The smallest absolute Gasteiger partial charge is 0.407 e. The van der Waals surface area contributed by atoms with Crippen molar-refractivity contribution in [3.63, 3.8) is 0 Å². The van der Waals surface area contributed by atoms with Gasteiger partial charge in [-0.3, -0.25) is 0 Å².